The first kappa shape index (κ1) is 31.5. The van der Waals surface area contributed by atoms with Gasteiger partial charge in [0, 0.05) is 33.0 Å². The van der Waals surface area contributed by atoms with E-state index < -0.39 is 0 Å². The molecule has 1 spiro atoms. The molecule has 1 aromatic heterocycles. The van der Waals surface area contributed by atoms with Crippen molar-refractivity contribution in [1.82, 2.24) is 0 Å². The van der Waals surface area contributed by atoms with Gasteiger partial charge in [-0.1, -0.05) is 128 Å². The van der Waals surface area contributed by atoms with Crippen molar-refractivity contribution in [3.63, 3.8) is 0 Å². The second-order valence-electron chi connectivity index (χ2n) is 16.9. The van der Waals surface area contributed by atoms with Crippen LogP contribution < -0.4 is 4.90 Å². The van der Waals surface area contributed by atoms with Crippen molar-refractivity contribution in [1.29, 1.82) is 0 Å². The molecule has 3 saturated carbocycles. The Morgan fingerprint density at radius 2 is 1.22 bits per heavy atom. The lowest BCUT2D eigenvalue weighted by atomic mass is 9.47. The molecule has 3 fully saturated rings. The zero-order valence-corrected chi connectivity index (χ0v) is 31.0. The topological polar surface area (TPSA) is 16.4 Å². The van der Waals surface area contributed by atoms with Crippen LogP contribution in [-0.2, 0) is 5.41 Å². The van der Waals surface area contributed by atoms with Gasteiger partial charge in [-0.25, -0.2) is 0 Å². The van der Waals surface area contributed by atoms with Gasteiger partial charge in [-0.2, -0.15) is 0 Å². The molecule has 4 aliphatic carbocycles. The van der Waals surface area contributed by atoms with Gasteiger partial charge in [0.2, 0.25) is 0 Å². The minimum Gasteiger partial charge on any atom is -0.456 e. The molecule has 266 valence electrons. The highest BCUT2D eigenvalue weighted by Gasteiger charge is 2.57. The number of nitrogens with zero attached hydrogens (tertiary/aromatic N) is 1. The monoisotopic (exact) mass is 709 g/mol. The van der Waals surface area contributed by atoms with Crippen LogP contribution in [0.4, 0.5) is 17.1 Å². The van der Waals surface area contributed by atoms with Crippen LogP contribution in [0.5, 0.6) is 0 Å². The zero-order chi connectivity index (χ0) is 36.1. The fourth-order valence-electron chi connectivity index (χ4n) is 12.0. The predicted molar refractivity (Wildman–Crippen MR) is 227 cm³/mol. The van der Waals surface area contributed by atoms with Crippen molar-refractivity contribution in [2.75, 3.05) is 4.90 Å². The smallest absolute Gasteiger partial charge is 0.136 e. The average molecular weight is 710 g/mol. The van der Waals surface area contributed by atoms with E-state index in [0.717, 1.165) is 50.9 Å². The van der Waals surface area contributed by atoms with Crippen LogP contribution >= 0.6 is 0 Å². The second kappa shape index (κ2) is 12.1. The predicted octanol–water partition coefficient (Wildman–Crippen LogP) is 14.5. The first-order valence-corrected chi connectivity index (χ1v) is 20.4. The van der Waals surface area contributed by atoms with Crippen LogP contribution in [0.1, 0.15) is 49.7 Å². The molecule has 0 N–H and O–H groups in total. The summed E-state index contributed by atoms with van der Waals surface area (Å²) < 4.78 is 6.30. The summed E-state index contributed by atoms with van der Waals surface area (Å²) in [7, 11) is 0. The van der Waals surface area contributed by atoms with Crippen LogP contribution in [0, 0.1) is 23.7 Å². The first-order valence-electron chi connectivity index (χ1n) is 20.4. The molecule has 8 aromatic rings. The number of hydrogen-bond donors (Lipinski definition) is 0. The van der Waals surface area contributed by atoms with E-state index in [-0.39, 0.29) is 5.41 Å². The van der Waals surface area contributed by atoms with E-state index >= 15 is 0 Å². The lowest BCUT2D eigenvalue weighted by Gasteiger charge is -2.57. The molecule has 0 aliphatic heterocycles. The zero-order valence-electron chi connectivity index (χ0n) is 31.0. The Morgan fingerprint density at radius 3 is 2.13 bits per heavy atom. The average Bonchev–Trinajstić information content (AvgIpc) is 3.76. The SMILES string of the molecule is c1ccc(-c2ccccc2N(c2ccc(-c3ccc4c(c3)oc3ccccc34)cc2)c2cccc3c2-c2ccccc2C32CC3CCC4CC3CC2C4)cc1. The number of rotatable bonds is 5. The van der Waals surface area contributed by atoms with Gasteiger partial charge in [0.15, 0.2) is 0 Å². The van der Waals surface area contributed by atoms with Crippen LogP contribution in [-0.4, -0.2) is 0 Å². The van der Waals surface area contributed by atoms with Gasteiger partial charge in [0.05, 0.1) is 11.4 Å². The quantitative estimate of drug-likeness (QED) is 0.177. The van der Waals surface area contributed by atoms with Crippen molar-refractivity contribution in [3.8, 4) is 33.4 Å². The highest BCUT2D eigenvalue weighted by Crippen LogP contribution is 2.67. The van der Waals surface area contributed by atoms with E-state index in [1.807, 2.05) is 6.07 Å². The van der Waals surface area contributed by atoms with Crippen molar-refractivity contribution < 1.29 is 4.42 Å². The van der Waals surface area contributed by atoms with E-state index in [1.54, 1.807) is 11.1 Å². The summed E-state index contributed by atoms with van der Waals surface area (Å²) in [6, 6.07) is 60.8. The Bertz CT molecular complexity index is 2760. The Labute approximate surface area is 323 Å². The van der Waals surface area contributed by atoms with E-state index in [2.05, 4.69) is 163 Å². The maximum absolute atomic E-state index is 6.30. The third kappa shape index (κ3) is 4.67. The van der Waals surface area contributed by atoms with Crippen molar-refractivity contribution >= 4 is 39.0 Å². The molecule has 5 atom stereocenters. The number of benzene rings is 7. The summed E-state index contributed by atoms with van der Waals surface area (Å²) in [4.78, 5) is 2.56. The Morgan fingerprint density at radius 1 is 0.491 bits per heavy atom. The van der Waals surface area contributed by atoms with Gasteiger partial charge in [-0.3, -0.25) is 0 Å². The van der Waals surface area contributed by atoms with E-state index in [4.69, 9.17) is 4.42 Å². The van der Waals surface area contributed by atoms with Gasteiger partial charge in [0.1, 0.15) is 11.2 Å². The van der Waals surface area contributed by atoms with Gasteiger partial charge in [-0.15, -0.1) is 0 Å². The van der Waals surface area contributed by atoms with Crippen LogP contribution in [0.15, 0.2) is 168 Å². The van der Waals surface area contributed by atoms with Crippen molar-refractivity contribution in [3.05, 3.63) is 175 Å². The molecule has 2 heteroatoms. The normalized spacial score (nSPS) is 23.3. The first-order chi connectivity index (χ1) is 27.2. The van der Waals surface area contributed by atoms with Crippen LogP contribution in [0.2, 0.25) is 0 Å². The molecular formula is C53H43NO. The third-order valence-electron chi connectivity index (χ3n) is 14.2. The van der Waals surface area contributed by atoms with Gasteiger partial charge in [0.25, 0.3) is 0 Å². The minimum atomic E-state index is 0.0893. The number of anilines is 3. The van der Waals surface area contributed by atoms with Gasteiger partial charge in [-0.05, 0) is 132 Å². The third-order valence-corrected chi connectivity index (χ3v) is 14.2. The highest BCUT2D eigenvalue weighted by molar-refractivity contribution is 6.06. The summed E-state index contributed by atoms with van der Waals surface area (Å²) in [6.45, 7) is 0. The molecule has 0 radical (unpaired) electrons. The molecule has 55 heavy (non-hydrogen) atoms. The summed E-state index contributed by atoms with van der Waals surface area (Å²) >= 11 is 0. The number of furan rings is 1. The van der Waals surface area contributed by atoms with E-state index in [0.29, 0.717) is 5.92 Å². The molecule has 0 saturated heterocycles. The molecule has 0 amide bonds. The maximum atomic E-state index is 6.30. The van der Waals surface area contributed by atoms with Gasteiger partial charge < -0.3 is 9.32 Å². The molecule has 12 rings (SSSR count). The fraction of sp³-hybridized carbons (Fsp3) is 0.208. The standard InChI is InChI=1S/C53H43NO/c1-2-11-36(12-3-1)42-13-5-8-18-48(42)54(41-26-23-35(24-27-41)37-25-28-44-43-14-6-9-20-50(43)55-51(44)32-37)49-19-10-17-47-52(49)45-15-4-7-16-46(45)53(47)33-38-22-21-34-29-39(38)31-40(53)30-34/h1-20,23-28,32,34,38-40H,21-22,29-31,33H2. The number of hydrogen-bond acceptors (Lipinski definition) is 2. The molecule has 7 aromatic carbocycles. The molecular weight excluding hydrogens is 667 g/mol. The summed E-state index contributed by atoms with van der Waals surface area (Å²) in [5.74, 6) is 3.36. The van der Waals surface area contributed by atoms with E-state index in [1.165, 1.54) is 77.7 Å². The van der Waals surface area contributed by atoms with Crippen molar-refractivity contribution in [2.45, 2.75) is 43.9 Å². The summed E-state index contributed by atoms with van der Waals surface area (Å²) in [6.07, 6.45) is 8.39. The lowest BCUT2D eigenvalue weighted by Crippen LogP contribution is -2.50. The minimum absolute atomic E-state index is 0.0893. The summed E-state index contributed by atoms with van der Waals surface area (Å²) in [5, 5.41) is 2.32. The Balaban J connectivity index is 1.05. The lowest BCUT2D eigenvalue weighted by molar-refractivity contribution is -0.0103. The van der Waals surface area contributed by atoms with E-state index in [9.17, 15) is 0 Å². The molecule has 5 unspecified atom stereocenters. The molecule has 2 nitrogen and oxygen atoms in total. The molecule has 3 bridgehead atoms. The van der Waals surface area contributed by atoms with Gasteiger partial charge >= 0.3 is 0 Å². The fourth-order valence-corrected chi connectivity index (χ4v) is 12.0. The number of fused-ring (bicyclic) bond motifs is 11. The van der Waals surface area contributed by atoms with Crippen LogP contribution in [0.25, 0.3) is 55.3 Å². The Kier molecular flexibility index (Phi) is 6.91. The number of para-hydroxylation sites is 2. The highest BCUT2D eigenvalue weighted by atomic mass is 16.3. The molecule has 4 aliphatic rings. The largest absolute Gasteiger partial charge is 0.456 e. The Hall–Kier alpha value is -5.86. The van der Waals surface area contributed by atoms with Crippen molar-refractivity contribution in [2.24, 2.45) is 23.7 Å². The summed E-state index contributed by atoms with van der Waals surface area (Å²) in [5.41, 5.74) is 16.4. The maximum Gasteiger partial charge on any atom is 0.136 e. The van der Waals surface area contributed by atoms with Crippen LogP contribution in [0.3, 0.4) is 0 Å². The second-order valence-corrected chi connectivity index (χ2v) is 16.9. The molecule has 1 heterocycles.